The molecule has 4 aromatic rings. The maximum absolute atomic E-state index is 13.4. The first kappa shape index (κ1) is 24.2. The van der Waals surface area contributed by atoms with Crippen molar-refractivity contribution in [1.29, 1.82) is 0 Å². The van der Waals surface area contributed by atoms with Crippen molar-refractivity contribution >= 4 is 44.6 Å². The van der Waals surface area contributed by atoms with E-state index in [-0.39, 0.29) is 11.5 Å². The molecule has 0 aliphatic carbocycles. The second-order valence-electron chi connectivity index (χ2n) is 8.26. The number of aryl methyl sites for hydroxylation is 1. The minimum atomic E-state index is -0.220. The van der Waals surface area contributed by atoms with Gasteiger partial charge in [0.25, 0.3) is 5.56 Å². The molecular weight excluding hydrogens is 514 g/mol. The summed E-state index contributed by atoms with van der Waals surface area (Å²) in [5, 5.41) is 5.61. The number of rotatable bonds is 7. The van der Waals surface area contributed by atoms with Crippen molar-refractivity contribution in [1.82, 2.24) is 9.66 Å². The van der Waals surface area contributed by atoms with Gasteiger partial charge in [0.1, 0.15) is 18.2 Å². The molecule has 0 fully saturated rings. The van der Waals surface area contributed by atoms with E-state index in [0.717, 1.165) is 16.5 Å². The predicted octanol–water partition coefficient (Wildman–Crippen LogP) is 7.10. The van der Waals surface area contributed by atoms with Crippen LogP contribution in [0, 0.1) is 6.92 Å². The third-order valence-electron chi connectivity index (χ3n) is 5.65. The van der Waals surface area contributed by atoms with Gasteiger partial charge in [-0.15, -0.1) is 0 Å². The summed E-state index contributed by atoms with van der Waals surface area (Å²) >= 11 is 9.70. The van der Waals surface area contributed by atoms with Crippen LogP contribution in [0.3, 0.4) is 0 Å². The third kappa shape index (κ3) is 5.40. The van der Waals surface area contributed by atoms with E-state index in [1.54, 1.807) is 24.4 Å². The summed E-state index contributed by atoms with van der Waals surface area (Å²) in [4.78, 5) is 18.1. The molecule has 0 aliphatic rings. The summed E-state index contributed by atoms with van der Waals surface area (Å²) in [7, 11) is 0. The zero-order chi connectivity index (χ0) is 24.2. The van der Waals surface area contributed by atoms with Crippen molar-refractivity contribution in [3.8, 4) is 5.75 Å². The van der Waals surface area contributed by atoms with Crippen LogP contribution in [-0.4, -0.2) is 15.9 Å². The first-order valence-electron chi connectivity index (χ1n) is 11.1. The smallest absolute Gasteiger partial charge is 0.282 e. The van der Waals surface area contributed by atoms with Crippen LogP contribution in [0.2, 0.25) is 5.02 Å². The lowest BCUT2D eigenvalue weighted by Gasteiger charge is -2.14. The highest BCUT2D eigenvalue weighted by atomic mass is 79.9. The number of aromatic nitrogens is 2. The maximum atomic E-state index is 13.4. The molecule has 0 unspecified atom stereocenters. The molecule has 34 heavy (non-hydrogen) atoms. The van der Waals surface area contributed by atoms with Gasteiger partial charge in [-0.2, -0.15) is 9.78 Å². The Morgan fingerprint density at radius 2 is 2.00 bits per heavy atom. The van der Waals surface area contributed by atoms with Crippen LogP contribution in [0.1, 0.15) is 48.7 Å². The number of fused-ring (bicyclic) bond motifs is 1. The van der Waals surface area contributed by atoms with E-state index in [2.05, 4.69) is 34.0 Å². The van der Waals surface area contributed by atoms with Gasteiger partial charge in [-0.05, 0) is 55.3 Å². The molecule has 0 amide bonds. The average molecular weight is 539 g/mol. The fraction of sp³-hybridized carbons (Fsp3) is 0.222. The van der Waals surface area contributed by atoms with Crippen LogP contribution in [-0.2, 0) is 6.61 Å². The number of hydrogen-bond acceptors (Lipinski definition) is 4. The van der Waals surface area contributed by atoms with Crippen LogP contribution in [0.15, 0.2) is 75.0 Å². The van der Waals surface area contributed by atoms with Crippen LogP contribution in [0.5, 0.6) is 5.75 Å². The molecule has 5 nitrogen and oxygen atoms in total. The molecule has 174 valence electrons. The van der Waals surface area contributed by atoms with Crippen molar-refractivity contribution in [2.75, 3.05) is 0 Å². The Balaban J connectivity index is 1.74. The normalized spacial score (nSPS) is 12.4. The SMILES string of the molecule is CC[C@H](C)c1nc2ccc(Br)cc2c(=O)n1N=Cc1cc(Cl)ccc1OCc1cccc(C)c1. The maximum Gasteiger partial charge on any atom is 0.282 e. The minimum absolute atomic E-state index is 0.0503. The summed E-state index contributed by atoms with van der Waals surface area (Å²) in [5.74, 6) is 1.29. The Hall–Kier alpha value is -2.96. The van der Waals surface area contributed by atoms with Crippen LogP contribution >= 0.6 is 27.5 Å². The molecule has 7 heteroatoms. The van der Waals surface area contributed by atoms with Gasteiger partial charge in [0, 0.05) is 21.0 Å². The number of benzene rings is 3. The second kappa shape index (κ2) is 10.5. The Morgan fingerprint density at radius 3 is 2.76 bits per heavy atom. The topological polar surface area (TPSA) is 56.5 Å². The molecule has 1 aromatic heterocycles. The minimum Gasteiger partial charge on any atom is -0.488 e. The van der Waals surface area contributed by atoms with Gasteiger partial charge in [0.2, 0.25) is 0 Å². The van der Waals surface area contributed by atoms with Crippen molar-refractivity contribution in [3.63, 3.8) is 0 Å². The van der Waals surface area contributed by atoms with E-state index in [1.165, 1.54) is 10.2 Å². The predicted molar refractivity (Wildman–Crippen MR) is 142 cm³/mol. The standard InChI is InChI=1S/C27H25BrClN3O2/c1-4-18(3)26-31-24-10-8-21(28)14-23(24)27(33)32(26)30-15-20-13-22(29)9-11-25(20)34-16-19-7-5-6-17(2)12-19/h5-15,18H,4,16H2,1-3H3/t18-/m0/s1. The molecule has 0 saturated carbocycles. The zero-order valence-corrected chi connectivity index (χ0v) is 21.6. The average Bonchev–Trinajstić information content (AvgIpc) is 2.82. The van der Waals surface area contributed by atoms with E-state index >= 15 is 0 Å². The molecule has 0 spiro atoms. The quantitative estimate of drug-likeness (QED) is 0.236. The lowest BCUT2D eigenvalue weighted by molar-refractivity contribution is 0.305. The second-order valence-corrected chi connectivity index (χ2v) is 9.61. The largest absolute Gasteiger partial charge is 0.488 e. The van der Waals surface area contributed by atoms with Crippen LogP contribution < -0.4 is 10.3 Å². The number of ether oxygens (including phenoxy) is 1. The van der Waals surface area contributed by atoms with Gasteiger partial charge in [0.05, 0.1) is 17.1 Å². The highest BCUT2D eigenvalue weighted by Crippen LogP contribution is 2.24. The van der Waals surface area contributed by atoms with E-state index in [1.807, 2.05) is 50.2 Å². The molecular formula is C27H25BrClN3O2. The van der Waals surface area contributed by atoms with E-state index < -0.39 is 0 Å². The first-order valence-corrected chi connectivity index (χ1v) is 12.3. The molecule has 0 N–H and O–H groups in total. The van der Waals surface area contributed by atoms with Gasteiger partial charge >= 0.3 is 0 Å². The molecule has 4 rings (SSSR count). The van der Waals surface area contributed by atoms with Crippen molar-refractivity contribution in [3.05, 3.63) is 103 Å². The van der Waals surface area contributed by atoms with Crippen molar-refractivity contribution < 1.29 is 4.74 Å². The zero-order valence-electron chi connectivity index (χ0n) is 19.3. The van der Waals surface area contributed by atoms with Gasteiger partial charge in [-0.1, -0.05) is 71.2 Å². The Labute approximate surface area is 212 Å². The number of hydrogen-bond donors (Lipinski definition) is 0. The van der Waals surface area contributed by atoms with Crippen molar-refractivity contribution in [2.45, 2.75) is 39.7 Å². The Bertz CT molecular complexity index is 1430. The first-order chi connectivity index (χ1) is 16.4. The van der Waals surface area contributed by atoms with E-state index in [4.69, 9.17) is 21.3 Å². The molecule has 0 radical (unpaired) electrons. The molecule has 3 aromatic carbocycles. The highest BCUT2D eigenvalue weighted by molar-refractivity contribution is 9.10. The molecule has 1 heterocycles. The summed E-state index contributed by atoms with van der Waals surface area (Å²) in [5.41, 5.74) is 3.35. The molecule has 0 aliphatic heterocycles. The highest BCUT2D eigenvalue weighted by Gasteiger charge is 2.16. The Morgan fingerprint density at radius 1 is 1.18 bits per heavy atom. The fourth-order valence-corrected chi connectivity index (χ4v) is 4.16. The van der Waals surface area contributed by atoms with Gasteiger partial charge < -0.3 is 4.74 Å². The van der Waals surface area contributed by atoms with Gasteiger partial charge in [-0.3, -0.25) is 4.79 Å². The van der Waals surface area contributed by atoms with Crippen LogP contribution in [0.25, 0.3) is 10.9 Å². The van der Waals surface area contributed by atoms with Crippen LogP contribution in [0.4, 0.5) is 0 Å². The molecule has 0 bridgehead atoms. The lowest BCUT2D eigenvalue weighted by atomic mass is 10.1. The summed E-state index contributed by atoms with van der Waals surface area (Å²) in [6, 6.07) is 19.0. The number of nitrogens with zero attached hydrogens (tertiary/aromatic N) is 3. The Kier molecular flexibility index (Phi) is 7.49. The summed E-state index contributed by atoms with van der Waals surface area (Å²) < 4.78 is 8.27. The van der Waals surface area contributed by atoms with E-state index in [9.17, 15) is 4.79 Å². The van der Waals surface area contributed by atoms with Crippen molar-refractivity contribution in [2.24, 2.45) is 5.10 Å². The molecule has 0 saturated heterocycles. The van der Waals surface area contributed by atoms with Gasteiger partial charge in [-0.25, -0.2) is 4.98 Å². The third-order valence-corrected chi connectivity index (χ3v) is 6.38. The number of halogens is 2. The monoisotopic (exact) mass is 537 g/mol. The molecule has 1 atom stereocenters. The lowest BCUT2D eigenvalue weighted by Crippen LogP contribution is -2.23. The summed E-state index contributed by atoms with van der Waals surface area (Å²) in [6.07, 6.45) is 2.43. The summed E-state index contributed by atoms with van der Waals surface area (Å²) in [6.45, 7) is 6.56. The van der Waals surface area contributed by atoms with E-state index in [0.29, 0.717) is 39.7 Å². The van der Waals surface area contributed by atoms with Gasteiger partial charge in [0.15, 0.2) is 0 Å². The fourth-order valence-electron chi connectivity index (χ4n) is 3.61.